The van der Waals surface area contributed by atoms with Gasteiger partial charge in [-0.3, -0.25) is 19.3 Å². The van der Waals surface area contributed by atoms with E-state index >= 15 is 0 Å². The summed E-state index contributed by atoms with van der Waals surface area (Å²) < 4.78 is 14.5. The SMILES string of the molecule is CC12CCC(=O)N1c1ccccc1C(=O)N2CCCC(=O)Nc1ccc(N2CCCC2)c(F)c1. The Balaban J connectivity index is 1.22. The second-order valence-electron chi connectivity index (χ2n) is 9.43. The van der Waals surface area contributed by atoms with Gasteiger partial charge in [0.2, 0.25) is 11.8 Å². The van der Waals surface area contributed by atoms with Crippen molar-refractivity contribution in [1.29, 1.82) is 0 Å². The first-order chi connectivity index (χ1) is 16.4. The van der Waals surface area contributed by atoms with E-state index in [4.69, 9.17) is 0 Å². The maximum atomic E-state index is 14.5. The summed E-state index contributed by atoms with van der Waals surface area (Å²) in [5.74, 6) is -0.687. The van der Waals surface area contributed by atoms with Crippen LogP contribution in [0.15, 0.2) is 42.5 Å². The number of carbonyl (C=O) groups excluding carboxylic acids is 3. The second kappa shape index (κ2) is 8.74. The quantitative estimate of drug-likeness (QED) is 0.697. The van der Waals surface area contributed by atoms with Gasteiger partial charge >= 0.3 is 0 Å². The molecule has 3 amide bonds. The molecule has 34 heavy (non-hydrogen) atoms. The summed E-state index contributed by atoms with van der Waals surface area (Å²) in [6, 6.07) is 12.0. The number of hydrogen-bond acceptors (Lipinski definition) is 4. The molecule has 1 atom stereocenters. The van der Waals surface area contributed by atoms with Crippen LogP contribution in [0.3, 0.4) is 0 Å². The van der Waals surface area contributed by atoms with Crippen LogP contribution in [0.2, 0.25) is 0 Å². The van der Waals surface area contributed by atoms with Crippen LogP contribution >= 0.6 is 0 Å². The maximum absolute atomic E-state index is 14.5. The molecule has 0 radical (unpaired) electrons. The van der Waals surface area contributed by atoms with Gasteiger partial charge in [-0.15, -0.1) is 0 Å². The van der Waals surface area contributed by atoms with E-state index < -0.39 is 5.66 Å². The first-order valence-electron chi connectivity index (χ1n) is 12.0. The lowest BCUT2D eigenvalue weighted by atomic mass is 9.98. The zero-order chi connectivity index (χ0) is 23.9. The fourth-order valence-corrected chi connectivity index (χ4v) is 5.46. The zero-order valence-electron chi connectivity index (χ0n) is 19.3. The van der Waals surface area contributed by atoms with E-state index in [9.17, 15) is 18.8 Å². The van der Waals surface area contributed by atoms with Crippen LogP contribution in [-0.4, -0.2) is 47.9 Å². The number of benzene rings is 2. The van der Waals surface area contributed by atoms with Gasteiger partial charge in [-0.2, -0.15) is 0 Å². The normalized spacial score (nSPS) is 21.6. The molecule has 0 aromatic heterocycles. The number of fused-ring (bicyclic) bond motifs is 3. The molecule has 5 rings (SSSR count). The lowest BCUT2D eigenvalue weighted by Crippen LogP contribution is -2.62. The fraction of sp³-hybridized carbons (Fsp3) is 0.423. The van der Waals surface area contributed by atoms with Crippen molar-refractivity contribution in [2.24, 2.45) is 0 Å². The molecule has 0 bridgehead atoms. The summed E-state index contributed by atoms with van der Waals surface area (Å²) >= 11 is 0. The molecule has 7 nitrogen and oxygen atoms in total. The first kappa shape index (κ1) is 22.4. The van der Waals surface area contributed by atoms with Gasteiger partial charge in [-0.1, -0.05) is 12.1 Å². The van der Waals surface area contributed by atoms with Crippen molar-refractivity contribution in [3.8, 4) is 0 Å². The van der Waals surface area contributed by atoms with E-state index in [1.807, 2.05) is 24.0 Å². The molecular weight excluding hydrogens is 435 g/mol. The molecule has 0 spiro atoms. The Kier molecular flexibility index (Phi) is 5.75. The highest BCUT2D eigenvalue weighted by atomic mass is 19.1. The van der Waals surface area contributed by atoms with E-state index in [1.54, 1.807) is 34.1 Å². The van der Waals surface area contributed by atoms with Gasteiger partial charge in [-0.25, -0.2) is 4.39 Å². The molecular formula is C26H29FN4O3. The average Bonchev–Trinajstić information content (AvgIpc) is 3.45. The molecule has 3 heterocycles. The van der Waals surface area contributed by atoms with Gasteiger partial charge in [-0.05, 0) is 62.9 Å². The number of para-hydroxylation sites is 1. The first-order valence-corrected chi connectivity index (χ1v) is 12.0. The number of halogens is 1. The molecule has 3 aliphatic heterocycles. The maximum Gasteiger partial charge on any atom is 0.257 e. The van der Waals surface area contributed by atoms with Gasteiger partial charge in [0.25, 0.3) is 5.91 Å². The Morgan fingerprint density at radius 2 is 1.85 bits per heavy atom. The zero-order valence-corrected chi connectivity index (χ0v) is 19.3. The number of amides is 3. The van der Waals surface area contributed by atoms with E-state index in [0.29, 0.717) is 48.4 Å². The topological polar surface area (TPSA) is 73.0 Å². The Morgan fingerprint density at radius 1 is 1.09 bits per heavy atom. The van der Waals surface area contributed by atoms with Gasteiger partial charge < -0.3 is 15.1 Å². The number of anilines is 3. The number of carbonyl (C=O) groups is 3. The average molecular weight is 465 g/mol. The van der Waals surface area contributed by atoms with Crippen LogP contribution < -0.4 is 15.1 Å². The van der Waals surface area contributed by atoms with Crippen molar-refractivity contribution in [2.75, 3.05) is 34.8 Å². The molecule has 0 aliphatic carbocycles. The molecule has 1 N–H and O–H groups in total. The lowest BCUT2D eigenvalue weighted by Gasteiger charge is -2.48. The van der Waals surface area contributed by atoms with Crippen molar-refractivity contribution < 1.29 is 18.8 Å². The van der Waals surface area contributed by atoms with Crippen LogP contribution in [-0.2, 0) is 9.59 Å². The van der Waals surface area contributed by atoms with E-state index in [1.165, 1.54) is 6.07 Å². The summed E-state index contributed by atoms with van der Waals surface area (Å²) in [5.41, 5.74) is 1.43. The fourth-order valence-electron chi connectivity index (χ4n) is 5.46. The Labute approximate surface area is 198 Å². The number of nitrogens with zero attached hydrogens (tertiary/aromatic N) is 3. The molecule has 2 aromatic carbocycles. The summed E-state index contributed by atoms with van der Waals surface area (Å²) in [6.07, 6.45) is 3.69. The van der Waals surface area contributed by atoms with Crippen LogP contribution in [0.4, 0.5) is 21.5 Å². The van der Waals surface area contributed by atoms with Crippen molar-refractivity contribution in [2.45, 2.75) is 51.1 Å². The molecule has 2 saturated heterocycles. The van der Waals surface area contributed by atoms with Gasteiger partial charge in [0.1, 0.15) is 11.5 Å². The largest absolute Gasteiger partial charge is 0.369 e. The van der Waals surface area contributed by atoms with E-state index in [0.717, 1.165) is 25.9 Å². The summed E-state index contributed by atoms with van der Waals surface area (Å²) in [4.78, 5) is 43.9. The predicted molar refractivity (Wildman–Crippen MR) is 128 cm³/mol. The molecule has 8 heteroatoms. The third-order valence-corrected chi connectivity index (χ3v) is 7.21. The Bertz CT molecular complexity index is 1150. The third kappa shape index (κ3) is 3.81. The molecule has 3 aliphatic rings. The minimum absolute atomic E-state index is 0.00426. The second-order valence-corrected chi connectivity index (χ2v) is 9.43. The minimum Gasteiger partial charge on any atom is -0.369 e. The van der Waals surface area contributed by atoms with Crippen molar-refractivity contribution >= 4 is 34.8 Å². The van der Waals surface area contributed by atoms with E-state index in [-0.39, 0.29) is 30.0 Å². The number of hydrogen-bond donors (Lipinski definition) is 1. The van der Waals surface area contributed by atoms with Crippen molar-refractivity contribution in [3.63, 3.8) is 0 Å². The van der Waals surface area contributed by atoms with Crippen molar-refractivity contribution in [3.05, 3.63) is 53.8 Å². The monoisotopic (exact) mass is 464 g/mol. The van der Waals surface area contributed by atoms with Gasteiger partial charge in [0.15, 0.2) is 0 Å². The Morgan fingerprint density at radius 3 is 2.62 bits per heavy atom. The molecule has 0 saturated carbocycles. The van der Waals surface area contributed by atoms with Crippen LogP contribution in [0.5, 0.6) is 0 Å². The highest BCUT2D eigenvalue weighted by molar-refractivity contribution is 6.10. The molecule has 2 fully saturated rings. The number of nitrogens with one attached hydrogen (secondary N) is 1. The molecule has 1 unspecified atom stereocenters. The molecule has 2 aromatic rings. The summed E-state index contributed by atoms with van der Waals surface area (Å²) in [6.45, 7) is 3.97. The van der Waals surface area contributed by atoms with Crippen LogP contribution in [0, 0.1) is 5.82 Å². The van der Waals surface area contributed by atoms with Crippen LogP contribution in [0.25, 0.3) is 0 Å². The lowest BCUT2D eigenvalue weighted by molar-refractivity contribution is -0.118. The predicted octanol–water partition coefficient (Wildman–Crippen LogP) is 4.14. The highest BCUT2D eigenvalue weighted by Crippen LogP contribution is 2.44. The number of rotatable bonds is 6. The highest BCUT2D eigenvalue weighted by Gasteiger charge is 2.52. The summed E-state index contributed by atoms with van der Waals surface area (Å²) in [5, 5.41) is 2.76. The third-order valence-electron chi connectivity index (χ3n) is 7.21. The van der Waals surface area contributed by atoms with Crippen LogP contribution in [0.1, 0.15) is 55.8 Å². The van der Waals surface area contributed by atoms with E-state index in [2.05, 4.69) is 5.32 Å². The summed E-state index contributed by atoms with van der Waals surface area (Å²) in [7, 11) is 0. The van der Waals surface area contributed by atoms with Gasteiger partial charge in [0, 0.05) is 38.2 Å². The Hall–Kier alpha value is -3.42. The smallest absolute Gasteiger partial charge is 0.257 e. The molecule has 178 valence electrons. The van der Waals surface area contributed by atoms with Gasteiger partial charge in [0.05, 0.1) is 16.9 Å². The van der Waals surface area contributed by atoms with Crippen molar-refractivity contribution in [1.82, 2.24) is 4.90 Å². The standard InChI is InChI=1S/C26H29FN4O3/c1-26-13-12-24(33)31(26)21-8-3-2-7-19(21)25(34)30(26)16-6-9-23(32)28-18-10-11-22(20(27)17-18)29-14-4-5-15-29/h2-3,7-8,10-11,17H,4-6,9,12-16H2,1H3,(H,28,32). The minimum atomic E-state index is -0.729.